The Morgan fingerprint density at radius 2 is 2.12 bits per heavy atom. The third-order valence-electron chi connectivity index (χ3n) is 3.06. The van der Waals surface area contributed by atoms with E-state index in [0.717, 1.165) is 28.7 Å². The number of halogens is 3. The Morgan fingerprint density at radius 1 is 1.31 bits per heavy atom. The second-order valence-corrected chi connectivity index (χ2v) is 5.31. The van der Waals surface area contributed by atoms with Crippen LogP contribution in [-0.2, 0) is 6.54 Å². The molecule has 1 nitrogen and oxygen atoms in total. The lowest BCUT2D eigenvalue weighted by atomic mass is 10.2. The zero-order chi connectivity index (χ0) is 11.5. The molecule has 16 heavy (non-hydrogen) atoms. The Labute approximate surface area is 111 Å². The first-order chi connectivity index (χ1) is 7.70. The number of hydrogen-bond donors (Lipinski definition) is 0. The predicted molar refractivity (Wildman–Crippen MR) is 70.6 cm³/mol. The summed E-state index contributed by atoms with van der Waals surface area (Å²) in [7, 11) is 0. The van der Waals surface area contributed by atoms with Gasteiger partial charge in [-0.2, -0.15) is 0 Å². The van der Waals surface area contributed by atoms with Crippen LogP contribution in [0.5, 0.6) is 0 Å². The minimum Gasteiger partial charge on any atom is -0.295 e. The largest absolute Gasteiger partial charge is 0.295 e. The highest BCUT2D eigenvalue weighted by molar-refractivity contribution is 6.33. The molecule has 4 heteroatoms. The van der Waals surface area contributed by atoms with Crippen LogP contribution in [0.3, 0.4) is 0 Å². The molecule has 1 atom stereocenters. The summed E-state index contributed by atoms with van der Waals surface area (Å²) >= 11 is 18.1. The summed E-state index contributed by atoms with van der Waals surface area (Å²) in [5, 5.41) is 1.52. The van der Waals surface area contributed by atoms with Crippen LogP contribution in [0.25, 0.3) is 0 Å². The van der Waals surface area contributed by atoms with E-state index in [-0.39, 0.29) is 0 Å². The summed E-state index contributed by atoms with van der Waals surface area (Å²) < 4.78 is 0. The van der Waals surface area contributed by atoms with Crippen LogP contribution in [0.1, 0.15) is 18.4 Å². The van der Waals surface area contributed by atoms with E-state index in [1.807, 2.05) is 18.2 Å². The molecule has 1 aliphatic rings. The highest BCUT2D eigenvalue weighted by Gasteiger charge is 2.23. The molecule has 1 heterocycles. The minimum atomic E-state index is 0.483. The van der Waals surface area contributed by atoms with Crippen LogP contribution in [0.2, 0.25) is 10.0 Å². The van der Waals surface area contributed by atoms with Crippen molar-refractivity contribution in [2.75, 3.05) is 12.4 Å². The van der Waals surface area contributed by atoms with Crippen LogP contribution < -0.4 is 0 Å². The summed E-state index contributed by atoms with van der Waals surface area (Å²) in [5.41, 5.74) is 1.09. The molecule has 1 saturated heterocycles. The van der Waals surface area contributed by atoms with Gasteiger partial charge in [0.25, 0.3) is 0 Å². The smallest absolute Gasteiger partial charge is 0.0452 e. The van der Waals surface area contributed by atoms with Crippen molar-refractivity contribution in [3.05, 3.63) is 33.8 Å². The number of benzene rings is 1. The van der Waals surface area contributed by atoms with Gasteiger partial charge in [-0.25, -0.2) is 0 Å². The Hall–Kier alpha value is 0.0500. The second-order valence-electron chi connectivity index (χ2n) is 4.16. The third-order valence-corrected chi connectivity index (χ3v) is 4.02. The van der Waals surface area contributed by atoms with Crippen LogP contribution in [-0.4, -0.2) is 23.4 Å². The summed E-state index contributed by atoms with van der Waals surface area (Å²) in [6, 6.07) is 6.09. The molecule has 2 rings (SSSR count). The summed E-state index contributed by atoms with van der Waals surface area (Å²) in [6.07, 6.45) is 2.40. The van der Waals surface area contributed by atoms with Gasteiger partial charge in [-0.15, -0.1) is 11.6 Å². The zero-order valence-corrected chi connectivity index (χ0v) is 11.2. The van der Waals surface area contributed by atoms with Gasteiger partial charge in [0.05, 0.1) is 0 Å². The number of likely N-dealkylation sites (tertiary alicyclic amines) is 1. The highest BCUT2D eigenvalue weighted by atomic mass is 35.5. The van der Waals surface area contributed by atoms with E-state index >= 15 is 0 Å². The quantitative estimate of drug-likeness (QED) is 0.749. The molecule has 0 saturated carbocycles. The van der Waals surface area contributed by atoms with E-state index in [4.69, 9.17) is 34.8 Å². The molecule has 1 aromatic rings. The van der Waals surface area contributed by atoms with Crippen molar-refractivity contribution < 1.29 is 0 Å². The van der Waals surface area contributed by atoms with Crippen LogP contribution in [0.4, 0.5) is 0 Å². The summed E-state index contributed by atoms with van der Waals surface area (Å²) in [5.74, 6) is 0.693. The fraction of sp³-hybridized carbons (Fsp3) is 0.500. The van der Waals surface area contributed by atoms with Crippen molar-refractivity contribution >= 4 is 34.8 Å². The lowest BCUT2D eigenvalue weighted by Crippen LogP contribution is -2.30. The number of hydrogen-bond acceptors (Lipinski definition) is 1. The Kier molecular flexibility index (Phi) is 4.37. The zero-order valence-electron chi connectivity index (χ0n) is 8.93. The molecule has 88 valence electrons. The van der Waals surface area contributed by atoms with Gasteiger partial charge in [0.2, 0.25) is 0 Å². The molecule has 0 bridgehead atoms. The molecule has 0 aliphatic carbocycles. The summed E-state index contributed by atoms with van der Waals surface area (Å²) in [4.78, 5) is 2.38. The lowest BCUT2D eigenvalue weighted by Gasteiger charge is -2.23. The van der Waals surface area contributed by atoms with Gasteiger partial charge >= 0.3 is 0 Å². The van der Waals surface area contributed by atoms with E-state index in [9.17, 15) is 0 Å². The molecule has 0 spiro atoms. The molecule has 0 radical (unpaired) electrons. The van der Waals surface area contributed by atoms with E-state index < -0.39 is 0 Å². The van der Waals surface area contributed by atoms with Crippen molar-refractivity contribution in [2.24, 2.45) is 0 Å². The predicted octanol–water partition coefficient (Wildman–Crippen LogP) is 4.20. The molecule has 0 aromatic heterocycles. The van der Waals surface area contributed by atoms with Gasteiger partial charge < -0.3 is 0 Å². The van der Waals surface area contributed by atoms with Crippen LogP contribution in [0.15, 0.2) is 18.2 Å². The maximum atomic E-state index is 6.15. The lowest BCUT2D eigenvalue weighted by molar-refractivity contribution is 0.263. The van der Waals surface area contributed by atoms with Crippen molar-refractivity contribution in [2.45, 2.75) is 25.4 Å². The summed E-state index contributed by atoms with van der Waals surface area (Å²) in [6.45, 7) is 1.94. The van der Waals surface area contributed by atoms with Crippen molar-refractivity contribution in [3.63, 3.8) is 0 Å². The van der Waals surface area contributed by atoms with Gasteiger partial charge in [-0.3, -0.25) is 4.90 Å². The van der Waals surface area contributed by atoms with Gasteiger partial charge in [0.1, 0.15) is 0 Å². The molecule has 1 fully saturated rings. The Bertz CT molecular complexity index is 367. The minimum absolute atomic E-state index is 0.483. The van der Waals surface area contributed by atoms with Crippen LogP contribution in [0, 0.1) is 0 Å². The Balaban J connectivity index is 2.11. The topological polar surface area (TPSA) is 3.24 Å². The fourth-order valence-corrected chi connectivity index (χ4v) is 2.88. The third kappa shape index (κ3) is 2.84. The fourth-order valence-electron chi connectivity index (χ4n) is 2.16. The van der Waals surface area contributed by atoms with Crippen molar-refractivity contribution in [1.82, 2.24) is 4.90 Å². The first kappa shape index (κ1) is 12.5. The average molecular weight is 279 g/mol. The van der Waals surface area contributed by atoms with E-state index in [1.54, 1.807) is 0 Å². The normalized spacial score (nSPS) is 21.6. The maximum Gasteiger partial charge on any atom is 0.0452 e. The van der Waals surface area contributed by atoms with E-state index in [0.29, 0.717) is 11.9 Å². The van der Waals surface area contributed by atoms with Gasteiger partial charge in [-0.1, -0.05) is 23.2 Å². The molecular weight excluding hydrogens is 264 g/mol. The average Bonchev–Trinajstić information content (AvgIpc) is 2.71. The molecular formula is C12H14Cl3N. The van der Waals surface area contributed by atoms with Gasteiger partial charge in [-0.05, 0) is 43.1 Å². The maximum absolute atomic E-state index is 6.15. The number of nitrogens with zero attached hydrogens (tertiary/aromatic N) is 1. The number of rotatable bonds is 3. The van der Waals surface area contributed by atoms with Crippen LogP contribution >= 0.6 is 34.8 Å². The highest BCUT2D eigenvalue weighted by Crippen LogP contribution is 2.26. The second kappa shape index (κ2) is 5.59. The molecule has 1 unspecified atom stereocenters. The Morgan fingerprint density at radius 3 is 2.88 bits per heavy atom. The van der Waals surface area contributed by atoms with E-state index in [1.165, 1.54) is 12.8 Å². The van der Waals surface area contributed by atoms with Crippen molar-refractivity contribution in [3.8, 4) is 0 Å². The van der Waals surface area contributed by atoms with Gasteiger partial charge in [0.15, 0.2) is 0 Å². The first-order valence-corrected chi connectivity index (χ1v) is 6.73. The molecule has 1 aromatic carbocycles. The van der Waals surface area contributed by atoms with E-state index in [2.05, 4.69) is 4.90 Å². The van der Waals surface area contributed by atoms with Gasteiger partial charge in [0, 0.05) is 28.5 Å². The SMILES string of the molecule is ClCC1CCCN1Cc1cc(Cl)ccc1Cl. The van der Waals surface area contributed by atoms with Crippen molar-refractivity contribution in [1.29, 1.82) is 0 Å². The molecule has 0 amide bonds. The molecule has 0 N–H and O–H groups in total. The first-order valence-electron chi connectivity index (χ1n) is 5.44. The number of alkyl halides is 1. The standard InChI is InChI=1S/C12H14Cl3N/c13-7-11-2-1-5-16(11)8-9-6-10(14)3-4-12(9)15/h3-4,6,11H,1-2,5,7-8H2. The molecule has 1 aliphatic heterocycles. The monoisotopic (exact) mass is 277 g/mol.